The molecule has 2 aromatic carbocycles. The number of hydrogen-bond acceptors (Lipinski definition) is 4. The molecule has 1 aliphatic heterocycles. The molecule has 6 heteroatoms. The second kappa shape index (κ2) is 11.1. The number of piperazine rings is 1. The van der Waals surface area contributed by atoms with Crippen LogP contribution in [0.1, 0.15) is 68.6 Å². The minimum absolute atomic E-state index is 0.0263. The van der Waals surface area contributed by atoms with Crippen LogP contribution in [0.25, 0.3) is 11.1 Å². The van der Waals surface area contributed by atoms with Gasteiger partial charge in [0.2, 0.25) is 10.0 Å². The molecule has 2 fully saturated rings. The summed E-state index contributed by atoms with van der Waals surface area (Å²) < 4.78 is 26.7. The zero-order valence-corrected chi connectivity index (χ0v) is 21.2. The van der Waals surface area contributed by atoms with Crippen molar-refractivity contribution in [1.82, 2.24) is 9.21 Å². The summed E-state index contributed by atoms with van der Waals surface area (Å²) in [5.74, 6) is 0.434. The largest absolute Gasteiger partial charge is 0.295 e. The minimum Gasteiger partial charge on any atom is -0.295 e. The molecule has 0 aromatic heterocycles. The number of rotatable bonds is 9. The number of sulfonamides is 1. The van der Waals surface area contributed by atoms with Crippen LogP contribution in [0.15, 0.2) is 54.6 Å². The molecule has 0 spiro atoms. The van der Waals surface area contributed by atoms with Crippen molar-refractivity contribution < 1.29 is 13.2 Å². The maximum absolute atomic E-state index is 13.1. The van der Waals surface area contributed by atoms with E-state index in [1.165, 1.54) is 19.3 Å². The van der Waals surface area contributed by atoms with E-state index in [4.69, 9.17) is 0 Å². The van der Waals surface area contributed by atoms with Crippen LogP contribution in [0.4, 0.5) is 0 Å². The molecule has 0 amide bonds. The lowest BCUT2D eigenvalue weighted by Gasteiger charge is -2.50. The molecule has 2 aromatic rings. The molecule has 34 heavy (non-hydrogen) atoms. The molecule has 1 saturated heterocycles. The van der Waals surface area contributed by atoms with Gasteiger partial charge < -0.3 is 0 Å². The van der Waals surface area contributed by atoms with Crippen molar-refractivity contribution in [1.29, 1.82) is 0 Å². The number of carbonyl (C=O) groups excluding carboxylic acids is 1. The topological polar surface area (TPSA) is 57.7 Å². The van der Waals surface area contributed by atoms with E-state index in [0.717, 1.165) is 49.0 Å². The van der Waals surface area contributed by atoms with Gasteiger partial charge in [0.25, 0.3) is 0 Å². The molecule has 1 saturated carbocycles. The van der Waals surface area contributed by atoms with Crippen molar-refractivity contribution in [3.8, 4) is 11.1 Å². The highest BCUT2D eigenvalue weighted by molar-refractivity contribution is 7.89. The van der Waals surface area contributed by atoms with Gasteiger partial charge in [0, 0.05) is 43.7 Å². The number of carbonyl (C=O) groups is 1. The first-order chi connectivity index (χ1) is 16.4. The Kier molecular flexibility index (Phi) is 8.22. The first-order valence-corrected chi connectivity index (χ1v) is 14.5. The van der Waals surface area contributed by atoms with E-state index >= 15 is 0 Å². The lowest BCUT2D eigenvalue weighted by Crippen LogP contribution is -2.58. The minimum atomic E-state index is -3.14. The zero-order valence-electron chi connectivity index (χ0n) is 20.4. The molecule has 0 unspecified atom stereocenters. The molecule has 1 heterocycles. The Labute approximate surface area is 205 Å². The number of hydrogen-bond donors (Lipinski definition) is 0. The molecule has 184 valence electrons. The van der Waals surface area contributed by atoms with E-state index in [1.807, 2.05) is 49.4 Å². The molecule has 1 aliphatic carbocycles. The van der Waals surface area contributed by atoms with Crippen molar-refractivity contribution in [2.75, 3.05) is 31.9 Å². The van der Waals surface area contributed by atoms with E-state index in [-0.39, 0.29) is 17.1 Å². The van der Waals surface area contributed by atoms with Crippen LogP contribution in [0.5, 0.6) is 0 Å². The maximum atomic E-state index is 13.1. The van der Waals surface area contributed by atoms with Crippen molar-refractivity contribution in [2.45, 2.75) is 63.8 Å². The zero-order chi connectivity index (χ0) is 24.0. The molecule has 0 radical (unpaired) electrons. The van der Waals surface area contributed by atoms with Crippen LogP contribution in [0.2, 0.25) is 0 Å². The summed E-state index contributed by atoms with van der Waals surface area (Å²) in [5, 5.41) is 0. The Morgan fingerprint density at radius 3 is 2.09 bits per heavy atom. The fraction of sp³-hybridized carbons (Fsp3) is 0.536. The van der Waals surface area contributed by atoms with Gasteiger partial charge >= 0.3 is 0 Å². The summed E-state index contributed by atoms with van der Waals surface area (Å²) in [6.45, 7) is 4.58. The highest BCUT2D eigenvalue weighted by atomic mass is 32.2. The van der Waals surface area contributed by atoms with Crippen molar-refractivity contribution in [2.24, 2.45) is 0 Å². The number of ketones is 1. The van der Waals surface area contributed by atoms with E-state index in [0.29, 0.717) is 25.9 Å². The van der Waals surface area contributed by atoms with Gasteiger partial charge in [-0.1, -0.05) is 80.8 Å². The molecule has 4 rings (SSSR count). The third-order valence-corrected chi connectivity index (χ3v) is 9.76. The summed E-state index contributed by atoms with van der Waals surface area (Å²) in [4.78, 5) is 15.6. The Hall–Kier alpha value is -2.02. The molecule has 0 bridgehead atoms. The SMILES string of the molecule is CCCS(=O)(=O)N1CCN(C2(CCC(=O)c3ccc(-c4ccccc4)cc3)CCCCC2)CC1. The summed E-state index contributed by atoms with van der Waals surface area (Å²) in [6.07, 6.45) is 7.89. The van der Waals surface area contributed by atoms with Gasteiger partial charge in [0.1, 0.15) is 0 Å². The second-order valence-corrected chi connectivity index (χ2v) is 11.9. The van der Waals surface area contributed by atoms with Gasteiger partial charge in [-0.05, 0) is 36.8 Å². The molecule has 0 atom stereocenters. The van der Waals surface area contributed by atoms with Crippen LogP contribution in [-0.4, -0.2) is 60.9 Å². The standard InChI is InChI=1S/C28H38N2O3S/c1-2-23-34(32,33)30-21-19-29(20-22-30)28(16-7-4-8-17-28)18-15-27(31)26-13-11-25(12-14-26)24-9-5-3-6-10-24/h3,5-6,9-14H,2,4,7-8,15-23H2,1H3. The summed E-state index contributed by atoms with van der Waals surface area (Å²) >= 11 is 0. The Bertz CT molecular complexity index is 1040. The van der Waals surface area contributed by atoms with Gasteiger partial charge in [0.15, 0.2) is 5.78 Å². The predicted molar refractivity (Wildman–Crippen MR) is 138 cm³/mol. The van der Waals surface area contributed by atoms with Crippen molar-refractivity contribution in [3.63, 3.8) is 0 Å². The molecular weight excluding hydrogens is 444 g/mol. The highest BCUT2D eigenvalue weighted by Crippen LogP contribution is 2.38. The third-order valence-electron chi connectivity index (χ3n) is 7.68. The molecule has 0 N–H and O–H groups in total. The molecular formula is C28H38N2O3S. The van der Waals surface area contributed by atoms with Crippen LogP contribution >= 0.6 is 0 Å². The number of Topliss-reactive ketones (excluding diaryl/α,β-unsaturated/α-hetero) is 1. The van der Waals surface area contributed by atoms with Crippen molar-refractivity contribution in [3.05, 3.63) is 60.2 Å². The lowest BCUT2D eigenvalue weighted by atomic mass is 9.76. The average molecular weight is 483 g/mol. The van der Waals surface area contributed by atoms with Crippen LogP contribution in [0.3, 0.4) is 0 Å². The lowest BCUT2D eigenvalue weighted by molar-refractivity contribution is 0.0165. The predicted octanol–water partition coefficient (Wildman–Crippen LogP) is 5.38. The maximum Gasteiger partial charge on any atom is 0.214 e. The summed E-state index contributed by atoms with van der Waals surface area (Å²) in [5.41, 5.74) is 3.08. The van der Waals surface area contributed by atoms with Crippen LogP contribution in [-0.2, 0) is 10.0 Å². The summed E-state index contributed by atoms with van der Waals surface area (Å²) in [6, 6.07) is 18.2. The average Bonchev–Trinajstić information content (AvgIpc) is 2.88. The number of nitrogens with zero attached hydrogens (tertiary/aromatic N) is 2. The fourth-order valence-corrected chi connectivity index (χ4v) is 7.23. The van der Waals surface area contributed by atoms with E-state index in [2.05, 4.69) is 17.0 Å². The Balaban J connectivity index is 1.39. The summed E-state index contributed by atoms with van der Waals surface area (Å²) in [7, 11) is -3.14. The van der Waals surface area contributed by atoms with Gasteiger partial charge in [-0.15, -0.1) is 0 Å². The highest BCUT2D eigenvalue weighted by Gasteiger charge is 2.40. The van der Waals surface area contributed by atoms with Gasteiger partial charge in [-0.2, -0.15) is 4.31 Å². The third kappa shape index (κ3) is 5.78. The Morgan fingerprint density at radius 2 is 1.47 bits per heavy atom. The smallest absolute Gasteiger partial charge is 0.214 e. The fourth-order valence-electron chi connectivity index (χ4n) is 5.73. The second-order valence-electron chi connectivity index (χ2n) is 9.85. The number of benzene rings is 2. The molecule has 2 aliphatic rings. The monoisotopic (exact) mass is 482 g/mol. The van der Waals surface area contributed by atoms with E-state index in [9.17, 15) is 13.2 Å². The van der Waals surface area contributed by atoms with Gasteiger partial charge in [-0.25, -0.2) is 8.42 Å². The van der Waals surface area contributed by atoms with Gasteiger partial charge in [-0.3, -0.25) is 9.69 Å². The van der Waals surface area contributed by atoms with E-state index < -0.39 is 10.0 Å². The normalized spacial score (nSPS) is 19.7. The van der Waals surface area contributed by atoms with Gasteiger partial charge in [0.05, 0.1) is 5.75 Å². The van der Waals surface area contributed by atoms with Crippen LogP contribution < -0.4 is 0 Å². The molecule has 5 nitrogen and oxygen atoms in total. The quantitative estimate of drug-likeness (QED) is 0.451. The first kappa shape index (κ1) is 25.1. The van der Waals surface area contributed by atoms with Crippen LogP contribution in [0, 0.1) is 0 Å². The van der Waals surface area contributed by atoms with E-state index in [1.54, 1.807) is 4.31 Å². The van der Waals surface area contributed by atoms with Crippen molar-refractivity contribution >= 4 is 15.8 Å². The Morgan fingerprint density at radius 1 is 0.853 bits per heavy atom. The first-order valence-electron chi connectivity index (χ1n) is 12.9.